The molecule has 0 spiro atoms. The lowest BCUT2D eigenvalue weighted by Crippen LogP contribution is -2.14. The van der Waals surface area contributed by atoms with Gasteiger partial charge in [-0.2, -0.15) is 0 Å². The molecule has 0 bridgehead atoms. The molecule has 0 amide bonds. The van der Waals surface area contributed by atoms with Gasteiger partial charge in [0.15, 0.2) is 0 Å². The minimum Gasteiger partial charge on any atom is -0.508 e. The van der Waals surface area contributed by atoms with Crippen LogP contribution in [0.3, 0.4) is 0 Å². The van der Waals surface area contributed by atoms with E-state index in [1.165, 1.54) is 24.3 Å². The molecule has 19 heavy (non-hydrogen) atoms. The maximum atomic E-state index is 12.1. The highest BCUT2D eigenvalue weighted by molar-refractivity contribution is 7.92. The molecule has 2 N–H and O–H groups in total. The number of nitrogens with one attached hydrogen (secondary N) is 1. The molecule has 1 heterocycles. The quantitative estimate of drug-likeness (QED) is 0.902. The van der Waals surface area contributed by atoms with Crippen molar-refractivity contribution in [2.24, 2.45) is 0 Å². The van der Waals surface area contributed by atoms with Crippen molar-refractivity contribution in [3.8, 4) is 5.75 Å². The summed E-state index contributed by atoms with van der Waals surface area (Å²) in [7, 11) is -3.67. The van der Waals surface area contributed by atoms with Gasteiger partial charge in [-0.3, -0.25) is 9.71 Å². The lowest BCUT2D eigenvalue weighted by molar-refractivity contribution is 0.475. The molecule has 0 fully saturated rings. The van der Waals surface area contributed by atoms with Crippen LogP contribution in [0.2, 0.25) is 0 Å². The van der Waals surface area contributed by atoms with E-state index in [1.54, 1.807) is 19.1 Å². The third-order valence-electron chi connectivity index (χ3n) is 2.62. The summed E-state index contributed by atoms with van der Waals surface area (Å²) in [6.07, 6.45) is 0. The Balaban J connectivity index is 2.33. The number of aryl methyl sites for hydroxylation is 2. The van der Waals surface area contributed by atoms with Crippen molar-refractivity contribution in [3.05, 3.63) is 47.8 Å². The number of hydrogen-bond acceptors (Lipinski definition) is 4. The highest BCUT2D eigenvalue weighted by Crippen LogP contribution is 2.20. The van der Waals surface area contributed by atoms with Crippen molar-refractivity contribution in [1.29, 1.82) is 0 Å². The van der Waals surface area contributed by atoms with Crippen LogP contribution in [-0.2, 0) is 10.0 Å². The summed E-state index contributed by atoms with van der Waals surface area (Å²) in [5, 5.41) is 9.16. The first-order valence-corrected chi connectivity index (χ1v) is 7.13. The van der Waals surface area contributed by atoms with Gasteiger partial charge in [0, 0.05) is 5.69 Å². The van der Waals surface area contributed by atoms with E-state index >= 15 is 0 Å². The molecule has 0 unspecified atom stereocenters. The van der Waals surface area contributed by atoms with E-state index in [0.717, 1.165) is 5.69 Å². The Hall–Kier alpha value is -2.08. The fraction of sp³-hybridized carbons (Fsp3) is 0.154. The second-order valence-electron chi connectivity index (χ2n) is 4.19. The van der Waals surface area contributed by atoms with Gasteiger partial charge >= 0.3 is 0 Å². The molecule has 2 rings (SSSR count). The molecule has 0 radical (unpaired) electrons. The van der Waals surface area contributed by atoms with Crippen LogP contribution in [0.4, 0.5) is 5.69 Å². The summed E-state index contributed by atoms with van der Waals surface area (Å²) >= 11 is 0. The Labute approximate surface area is 112 Å². The zero-order chi connectivity index (χ0) is 14.0. The summed E-state index contributed by atoms with van der Waals surface area (Å²) in [6, 6.07) is 8.75. The predicted molar refractivity (Wildman–Crippen MR) is 72.6 cm³/mol. The molecule has 0 aliphatic rings. The molecule has 6 heteroatoms. The number of aromatic hydroxyl groups is 1. The van der Waals surface area contributed by atoms with Gasteiger partial charge in [-0.05, 0) is 50.2 Å². The van der Waals surface area contributed by atoms with Crippen LogP contribution in [0.15, 0.2) is 41.3 Å². The van der Waals surface area contributed by atoms with Crippen LogP contribution in [0.5, 0.6) is 5.75 Å². The van der Waals surface area contributed by atoms with Crippen molar-refractivity contribution in [3.63, 3.8) is 0 Å². The van der Waals surface area contributed by atoms with Gasteiger partial charge in [0.05, 0.1) is 16.3 Å². The number of benzene rings is 1. The van der Waals surface area contributed by atoms with E-state index in [1.807, 2.05) is 6.92 Å². The van der Waals surface area contributed by atoms with Crippen LogP contribution in [0.25, 0.3) is 0 Å². The third kappa shape index (κ3) is 3.03. The average molecular weight is 278 g/mol. The van der Waals surface area contributed by atoms with Crippen LogP contribution in [0.1, 0.15) is 11.4 Å². The summed E-state index contributed by atoms with van der Waals surface area (Å²) < 4.78 is 26.7. The highest BCUT2D eigenvalue weighted by Gasteiger charge is 2.15. The minimum absolute atomic E-state index is 0.0205. The van der Waals surface area contributed by atoms with E-state index in [4.69, 9.17) is 5.11 Å². The number of phenolic OH excluding ortho intramolecular Hbond substituents is 1. The van der Waals surface area contributed by atoms with E-state index < -0.39 is 10.0 Å². The number of anilines is 1. The number of pyridine rings is 1. The summed E-state index contributed by atoms with van der Waals surface area (Å²) in [4.78, 5) is 4.29. The van der Waals surface area contributed by atoms with Gasteiger partial charge < -0.3 is 5.11 Å². The zero-order valence-corrected chi connectivity index (χ0v) is 11.4. The Morgan fingerprint density at radius 3 is 2.26 bits per heavy atom. The first-order chi connectivity index (χ1) is 8.88. The van der Waals surface area contributed by atoms with Gasteiger partial charge in [0.2, 0.25) is 0 Å². The third-order valence-corrected chi connectivity index (χ3v) is 4.00. The Morgan fingerprint density at radius 2 is 1.68 bits per heavy atom. The SMILES string of the molecule is Cc1ccc(NS(=O)(=O)c2ccc(O)cc2)c(C)n1. The van der Waals surface area contributed by atoms with Gasteiger partial charge in [0.25, 0.3) is 10.0 Å². The number of phenols is 1. The van der Waals surface area contributed by atoms with Gasteiger partial charge in [0.1, 0.15) is 5.75 Å². The van der Waals surface area contributed by atoms with E-state index in [-0.39, 0.29) is 10.6 Å². The number of hydrogen-bond donors (Lipinski definition) is 2. The molecular formula is C13H14N2O3S. The number of aromatic nitrogens is 1. The standard InChI is InChI=1S/C13H14N2O3S/c1-9-3-8-13(10(2)14-9)15-19(17,18)12-6-4-11(16)5-7-12/h3-8,15-16H,1-2H3. The maximum Gasteiger partial charge on any atom is 0.261 e. The highest BCUT2D eigenvalue weighted by atomic mass is 32.2. The topological polar surface area (TPSA) is 79.3 Å². The van der Waals surface area contributed by atoms with Crippen molar-refractivity contribution in [2.75, 3.05) is 4.72 Å². The fourth-order valence-electron chi connectivity index (χ4n) is 1.62. The molecule has 0 atom stereocenters. The Morgan fingerprint density at radius 1 is 1.05 bits per heavy atom. The lowest BCUT2D eigenvalue weighted by Gasteiger charge is -2.10. The molecule has 1 aromatic heterocycles. The second kappa shape index (κ2) is 4.89. The monoisotopic (exact) mass is 278 g/mol. The van der Waals surface area contributed by atoms with Gasteiger partial charge in [-0.1, -0.05) is 0 Å². The maximum absolute atomic E-state index is 12.1. The van der Waals surface area contributed by atoms with E-state index in [0.29, 0.717) is 11.4 Å². The Bertz CT molecular complexity index is 694. The number of sulfonamides is 1. The van der Waals surface area contributed by atoms with Crippen LogP contribution in [0, 0.1) is 13.8 Å². The molecule has 5 nitrogen and oxygen atoms in total. The molecule has 0 aliphatic carbocycles. The molecule has 0 aliphatic heterocycles. The molecule has 0 saturated heterocycles. The fourth-order valence-corrected chi connectivity index (χ4v) is 2.74. The first-order valence-electron chi connectivity index (χ1n) is 5.64. The molecular weight excluding hydrogens is 264 g/mol. The van der Waals surface area contributed by atoms with Crippen LogP contribution >= 0.6 is 0 Å². The predicted octanol–water partition coefficient (Wildman–Crippen LogP) is 2.20. The van der Waals surface area contributed by atoms with Crippen LogP contribution < -0.4 is 4.72 Å². The zero-order valence-electron chi connectivity index (χ0n) is 10.6. The lowest BCUT2D eigenvalue weighted by atomic mass is 10.3. The van der Waals surface area contributed by atoms with Crippen molar-refractivity contribution >= 4 is 15.7 Å². The van der Waals surface area contributed by atoms with Crippen molar-refractivity contribution in [2.45, 2.75) is 18.7 Å². The number of rotatable bonds is 3. The molecule has 100 valence electrons. The summed E-state index contributed by atoms with van der Waals surface area (Å²) in [6.45, 7) is 3.58. The largest absolute Gasteiger partial charge is 0.508 e. The normalized spacial score (nSPS) is 11.3. The summed E-state index contributed by atoms with van der Waals surface area (Å²) in [5.41, 5.74) is 1.88. The molecule has 2 aromatic rings. The van der Waals surface area contributed by atoms with Crippen LogP contribution in [-0.4, -0.2) is 18.5 Å². The second-order valence-corrected chi connectivity index (χ2v) is 5.87. The van der Waals surface area contributed by atoms with Gasteiger partial charge in [-0.25, -0.2) is 8.42 Å². The van der Waals surface area contributed by atoms with Crippen molar-refractivity contribution < 1.29 is 13.5 Å². The molecule has 1 aromatic carbocycles. The van der Waals surface area contributed by atoms with Gasteiger partial charge in [-0.15, -0.1) is 0 Å². The van der Waals surface area contributed by atoms with E-state index in [2.05, 4.69) is 9.71 Å². The smallest absolute Gasteiger partial charge is 0.261 e. The average Bonchev–Trinajstić information content (AvgIpc) is 2.33. The summed E-state index contributed by atoms with van der Waals surface area (Å²) in [5.74, 6) is 0.0205. The Kier molecular flexibility index (Phi) is 3.44. The number of nitrogens with zero attached hydrogens (tertiary/aromatic N) is 1. The molecule has 0 saturated carbocycles. The van der Waals surface area contributed by atoms with Crippen molar-refractivity contribution in [1.82, 2.24) is 4.98 Å². The van der Waals surface area contributed by atoms with E-state index in [9.17, 15) is 8.42 Å². The minimum atomic E-state index is -3.67. The first kappa shape index (κ1) is 13.4.